The molecule has 0 fully saturated rings. The normalized spacial score (nSPS) is 10.1. The molecule has 0 aliphatic carbocycles. The minimum atomic E-state index is -1.06. The number of hydrogen-bond donors (Lipinski definition) is 2. The van der Waals surface area contributed by atoms with Crippen molar-refractivity contribution in [1.82, 2.24) is 9.97 Å². The van der Waals surface area contributed by atoms with Crippen LogP contribution in [0, 0.1) is 6.92 Å². The van der Waals surface area contributed by atoms with E-state index >= 15 is 0 Å². The molecule has 0 radical (unpaired) electrons. The van der Waals surface area contributed by atoms with Gasteiger partial charge in [0.05, 0.1) is 0 Å². The van der Waals surface area contributed by atoms with E-state index in [-0.39, 0.29) is 12.2 Å². The molecular formula is C8H10N2O4. The molecular weight excluding hydrogens is 188 g/mol. The zero-order chi connectivity index (χ0) is 10.6. The highest BCUT2D eigenvalue weighted by molar-refractivity contribution is 5.67. The number of aromatic amines is 1. The van der Waals surface area contributed by atoms with Gasteiger partial charge in [-0.3, -0.25) is 4.79 Å². The van der Waals surface area contributed by atoms with Gasteiger partial charge in [-0.05, 0) is 6.92 Å². The van der Waals surface area contributed by atoms with Crippen LogP contribution in [0.5, 0.6) is 0 Å². The SMILES string of the molecule is Cc1cc(=O)[nH]c(COCC(=O)O)n1. The second kappa shape index (κ2) is 4.52. The molecule has 0 amide bonds. The topological polar surface area (TPSA) is 92.3 Å². The number of carboxylic acids is 1. The van der Waals surface area contributed by atoms with Crippen LogP contribution in [0.2, 0.25) is 0 Å². The predicted octanol–water partition coefficient (Wildman–Crippen LogP) is -0.320. The van der Waals surface area contributed by atoms with Crippen molar-refractivity contribution in [3.05, 3.63) is 27.9 Å². The molecule has 0 bridgehead atoms. The maximum atomic E-state index is 10.9. The number of nitrogens with zero attached hydrogens (tertiary/aromatic N) is 1. The molecule has 1 rings (SSSR count). The summed E-state index contributed by atoms with van der Waals surface area (Å²) in [6, 6.07) is 1.35. The maximum Gasteiger partial charge on any atom is 0.329 e. The van der Waals surface area contributed by atoms with Crippen molar-refractivity contribution in [2.45, 2.75) is 13.5 Å². The minimum absolute atomic E-state index is 0.0107. The van der Waals surface area contributed by atoms with Gasteiger partial charge in [0.2, 0.25) is 0 Å². The van der Waals surface area contributed by atoms with Crippen LogP contribution in [0.1, 0.15) is 11.5 Å². The van der Waals surface area contributed by atoms with E-state index in [9.17, 15) is 9.59 Å². The quantitative estimate of drug-likeness (QED) is 0.691. The summed E-state index contributed by atoms with van der Waals surface area (Å²) in [6.07, 6.45) is 0. The van der Waals surface area contributed by atoms with E-state index in [0.717, 1.165) is 0 Å². The molecule has 1 aromatic rings. The second-order valence-corrected chi connectivity index (χ2v) is 2.72. The molecule has 6 nitrogen and oxygen atoms in total. The molecule has 1 heterocycles. The highest BCUT2D eigenvalue weighted by Crippen LogP contribution is 1.92. The van der Waals surface area contributed by atoms with Crippen LogP contribution in [-0.2, 0) is 16.1 Å². The summed E-state index contributed by atoms with van der Waals surface area (Å²) < 4.78 is 4.76. The third kappa shape index (κ3) is 3.36. The number of aromatic nitrogens is 2. The molecule has 0 atom stereocenters. The molecule has 6 heteroatoms. The monoisotopic (exact) mass is 198 g/mol. The lowest BCUT2D eigenvalue weighted by Gasteiger charge is -2.01. The number of nitrogens with one attached hydrogen (secondary N) is 1. The van der Waals surface area contributed by atoms with Crippen LogP contribution in [0.4, 0.5) is 0 Å². The first-order valence-electron chi connectivity index (χ1n) is 3.94. The van der Waals surface area contributed by atoms with Crippen LogP contribution < -0.4 is 5.56 Å². The van der Waals surface area contributed by atoms with Gasteiger partial charge in [-0.15, -0.1) is 0 Å². The van der Waals surface area contributed by atoms with Gasteiger partial charge in [-0.1, -0.05) is 0 Å². The van der Waals surface area contributed by atoms with E-state index in [1.54, 1.807) is 6.92 Å². The lowest BCUT2D eigenvalue weighted by molar-refractivity contribution is -0.142. The molecule has 14 heavy (non-hydrogen) atoms. The van der Waals surface area contributed by atoms with Crippen molar-refractivity contribution in [3.63, 3.8) is 0 Å². The molecule has 0 saturated heterocycles. The fraction of sp³-hybridized carbons (Fsp3) is 0.375. The fourth-order valence-corrected chi connectivity index (χ4v) is 0.944. The van der Waals surface area contributed by atoms with E-state index in [2.05, 4.69) is 9.97 Å². The Labute approximate surface area is 79.6 Å². The summed E-state index contributed by atoms with van der Waals surface area (Å²) in [5.41, 5.74) is 0.300. The number of rotatable bonds is 4. The van der Waals surface area contributed by atoms with Gasteiger partial charge in [-0.25, -0.2) is 9.78 Å². The highest BCUT2D eigenvalue weighted by atomic mass is 16.5. The Hall–Kier alpha value is -1.69. The van der Waals surface area contributed by atoms with Crippen molar-refractivity contribution in [2.75, 3.05) is 6.61 Å². The van der Waals surface area contributed by atoms with Crippen molar-refractivity contribution in [2.24, 2.45) is 0 Å². The number of carbonyl (C=O) groups is 1. The van der Waals surface area contributed by atoms with Crippen molar-refractivity contribution >= 4 is 5.97 Å². The Kier molecular flexibility index (Phi) is 3.35. The largest absolute Gasteiger partial charge is 0.480 e. The van der Waals surface area contributed by atoms with E-state index < -0.39 is 12.6 Å². The summed E-state index contributed by atoms with van der Waals surface area (Å²) in [5.74, 6) is -0.726. The minimum Gasteiger partial charge on any atom is -0.480 e. The molecule has 0 aliphatic heterocycles. The molecule has 0 aliphatic rings. The first-order chi connectivity index (χ1) is 6.58. The first-order valence-corrected chi connectivity index (χ1v) is 3.94. The van der Waals surface area contributed by atoms with Crippen molar-refractivity contribution < 1.29 is 14.6 Å². The average Bonchev–Trinajstić information content (AvgIpc) is 2.01. The zero-order valence-corrected chi connectivity index (χ0v) is 7.61. The lowest BCUT2D eigenvalue weighted by atomic mass is 10.4. The summed E-state index contributed by atoms with van der Waals surface area (Å²) in [4.78, 5) is 27.4. The molecule has 2 N–H and O–H groups in total. The Bertz CT molecular complexity index is 385. The maximum absolute atomic E-state index is 10.9. The molecule has 1 aromatic heterocycles. The third-order valence-electron chi connectivity index (χ3n) is 1.38. The van der Waals surface area contributed by atoms with Gasteiger partial charge >= 0.3 is 5.97 Å². The number of carboxylic acid groups (broad SMARTS) is 1. The lowest BCUT2D eigenvalue weighted by Crippen LogP contribution is -2.14. The van der Waals surface area contributed by atoms with Crippen molar-refractivity contribution in [3.8, 4) is 0 Å². The van der Waals surface area contributed by atoms with Crippen LogP contribution in [-0.4, -0.2) is 27.7 Å². The second-order valence-electron chi connectivity index (χ2n) is 2.72. The number of hydrogen-bond acceptors (Lipinski definition) is 4. The van der Waals surface area contributed by atoms with Crippen molar-refractivity contribution in [1.29, 1.82) is 0 Å². The van der Waals surface area contributed by atoms with Gasteiger partial charge in [-0.2, -0.15) is 0 Å². The molecule has 0 saturated carbocycles. The Balaban J connectivity index is 2.59. The predicted molar refractivity (Wildman–Crippen MR) is 46.9 cm³/mol. The average molecular weight is 198 g/mol. The standard InChI is InChI=1S/C8H10N2O4/c1-5-2-7(11)10-6(9-5)3-14-4-8(12)13/h2H,3-4H2,1H3,(H,12,13)(H,9,10,11). The fourth-order valence-electron chi connectivity index (χ4n) is 0.944. The van der Waals surface area contributed by atoms with E-state index in [1.807, 2.05) is 0 Å². The van der Waals surface area contributed by atoms with E-state index in [0.29, 0.717) is 11.5 Å². The van der Waals surface area contributed by atoms with Gasteiger partial charge in [0.15, 0.2) is 0 Å². The summed E-state index contributed by atoms with van der Waals surface area (Å²) in [5, 5.41) is 8.28. The number of ether oxygens (including phenoxy) is 1. The van der Waals surface area contributed by atoms with Gasteiger partial charge in [0.1, 0.15) is 19.0 Å². The smallest absolute Gasteiger partial charge is 0.329 e. The third-order valence-corrected chi connectivity index (χ3v) is 1.38. The zero-order valence-electron chi connectivity index (χ0n) is 7.61. The molecule has 0 spiro atoms. The van der Waals surface area contributed by atoms with E-state index in [4.69, 9.17) is 9.84 Å². The summed E-state index contributed by atoms with van der Waals surface area (Å²) in [7, 11) is 0. The van der Waals surface area contributed by atoms with Gasteiger partial charge < -0.3 is 14.8 Å². The Morgan fingerprint density at radius 3 is 3.00 bits per heavy atom. The molecule has 76 valence electrons. The summed E-state index contributed by atoms with van der Waals surface area (Å²) in [6.45, 7) is 1.26. The van der Waals surface area contributed by atoms with E-state index in [1.165, 1.54) is 6.07 Å². The van der Waals surface area contributed by atoms with Gasteiger partial charge in [0.25, 0.3) is 5.56 Å². The van der Waals surface area contributed by atoms with Crippen LogP contribution >= 0.6 is 0 Å². The molecule has 0 aromatic carbocycles. The first kappa shape index (κ1) is 10.4. The van der Waals surface area contributed by atoms with Gasteiger partial charge in [0, 0.05) is 11.8 Å². The summed E-state index contributed by atoms with van der Waals surface area (Å²) >= 11 is 0. The number of aliphatic carboxylic acids is 1. The Morgan fingerprint density at radius 2 is 2.43 bits per heavy atom. The molecule has 0 unspecified atom stereocenters. The van der Waals surface area contributed by atoms with Crippen LogP contribution in [0.3, 0.4) is 0 Å². The highest BCUT2D eigenvalue weighted by Gasteiger charge is 2.00. The van der Waals surface area contributed by atoms with Crippen LogP contribution in [0.25, 0.3) is 0 Å². The number of H-pyrrole nitrogens is 1. The van der Waals surface area contributed by atoms with Crippen LogP contribution in [0.15, 0.2) is 10.9 Å². The Morgan fingerprint density at radius 1 is 1.71 bits per heavy atom. The number of aryl methyl sites for hydroxylation is 1.